The Bertz CT molecular complexity index is 851. The summed E-state index contributed by atoms with van der Waals surface area (Å²) in [6.07, 6.45) is 0.692. The number of carbonyl (C=O) groups is 2. The minimum absolute atomic E-state index is 0.0325. The highest BCUT2D eigenvalue weighted by Crippen LogP contribution is 2.22. The lowest BCUT2D eigenvalue weighted by molar-refractivity contribution is -0.134. The number of nitrogens with zero attached hydrogens (tertiary/aromatic N) is 3. The van der Waals surface area contributed by atoms with E-state index < -0.39 is 15.9 Å². The molecule has 0 aliphatic carbocycles. The number of hydrogen-bond acceptors (Lipinski definition) is 5. The average Bonchev–Trinajstić information content (AvgIpc) is 2.96. The van der Waals surface area contributed by atoms with Gasteiger partial charge < -0.3 is 4.90 Å². The summed E-state index contributed by atoms with van der Waals surface area (Å²) >= 11 is 0. The standard InChI is InChI=1S/C17H20FN3O4S/c1-20(10-12-2-4-13(18)5-3-12)17(23)15-6-7-16(22)21(19-15)14-8-9-26(24,25)11-14/h2-5,14H,6-11H2,1H3/t14-/m0/s1. The molecule has 9 heteroatoms. The van der Waals surface area contributed by atoms with Crippen LogP contribution in [0, 0.1) is 5.82 Å². The highest BCUT2D eigenvalue weighted by Gasteiger charge is 2.37. The maximum Gasteiger partial charge on any atom is 0.270 e. The van der Waals surface area contributed by atoms with Crippen LogP contribution in [0.15, 0.2) is 29.4 Å². The maximum absolute atomic E-state index is 13.0. The number of halogens is 1. The Morgan fingerprint density at radius 1 is 1.31 bits per heavy atom. The van der Waals surface area contributed by atoms with Crippen molar-refractivity contribution in [2.75, 3.05) is 18.6 Å². The quantitative estimate of drug-likeness (QED) is 0.777. The third-order valence-electron chi connectivity index (χ3n) is 4.54. The van der Waals surface area contributed by atoms with Crippen molar-refractivity contribution in [3.05, 3.63) is 35.6 Å². The summed E-state index contributed by atoms with van der Waals surface area (Å²) in [4.78, 5) is 26.2. The lowest BCUT2D eigenvalue weighted by atomic mass is 10.1. The second-order valence-electron chi connectivity index (χ2n) is 6.63. The molecule has 0 saturated carbocycles. The number of amides is 2. The molecule has 0 spiro atoms. The summed E-state index contributed by atoms with van der Waals surface area (Å²) in [6.45, 7) is 0.282. The summed E-state index contributed by atoms with van der Waals surface area (Å²) in [5, 5.41) is 5.35. The van der Waals surface area contributed by atoms with Gasteiger partial charge >= 0.3 is 0 Å². The fourth-order valence-electron chi connectivity index (χ4n) is 3.13. The highest BCUT2D eigenvalue weighted by atomic mass is 32.2. The van der Waals surface area contributed by atoms with Gasteiger partial charge in [0, 0.05) is 26.4 Å². The normalized spacial score (nSPS) is 22.2. The molecule has 2 aliphatic rings. The van der Waals surface area contributed by atoms with Crippen LogP contribution in [-0.2, 0) is 26.0 Å². The van der Waals surface area contributed by atoms with Crippen LogP contribution in [-0.4, -0.2) is 60.4 Å². The van der Waals surface area contributed by atoms with E-state index in [9.17, 15) is 22.4 Å². The summed E-state index contributed by atoms with van der Waals surface area (Å²) in [5.74, 6) is -1.02. The van der Waals surface area contributed by atoms with Gasteiger partial charge in [0.1, 0.15) is 11.5 Å². The first kappa shape index (κ1) is 18.5. The van der Waals surface area contributed by atoms with E-state index in [-0.39, 0.29) is 54.2 Å². The first-order chi connectivity index (χ1) is 12.2. The van der Waals surface area contributed by atoms with Gasteiger partial charge in [-0.05, 0) is 24.1 Å². The summed E-state index contributed by atoms with van der Waals surface area (Å²) < 4.78 is 36.3. The van der Waals surface area contributed by atoms with Crippen molar-refractivity contribution in [2.24, 2.45) is 5.10 Å². The summed E-state index contributed by atoms with van der Waals surface area (Å²) in [5.41, 5.74) is 1.01. The Morgan fingerprint density at radius 3 is 2.62 bits per heavy atom. The molecular weight excluding hydrogens is 361 g/mol. The van der Waals surface area contributed by atoms with Crippen molar-refractivity contribution in [2.45, 2.75) is 31.8 Å². The monoisotopic (exact) mass is 381 g/mol. The van der Waals surface area contributed by atoms with Gasteiger partial charge in [-0.1, -0.05) is 12.1 Å². The predicted octanol–water partition coefficient (Wildman–Crippen LogP) is 0.950. The molecule has 2 amide bonds. The molecule has 1 fully saturated rings. The Hall–Kier alpha value is -2.29. The molecule has 2 heterocycles. The van der Waals surface area contributed by atoms with Crippen molar-refractivity contribution < 1.29 is 22.4 Å². The molecule has 140 valence electrons. The van der Waals surface area contributed by atoms with E-state index in [1.54, 1.807) is 19.2 Å². The van der Waals surface area contributed by atoms with E-state index in [0.717, 1.165) is 5.56 Å². The van der Waals surface area contributed by atoms with Crippen LogP contribution in [0.4, 0.5) is 4.39 Å². The van der Waals surface area contributed by atoms with E-state index in [2.05, 4.69) is 5.10 Å². The van der Waals surface area contributed by atoms with Gasteiger partial charge in [-0.2, -0.15) is 5.10 Å². The largest absolute Gasteiger partial charge is 0.336 e. The van der Waals surface area contributed by atoms with Gasteiger partial charge in [-0.3, -0.25) is 9.59 Å². The predicted molar refractivity (Wildman–Crippen MR) is 93.4 cm³/mol. The van der Waals surface area contributed by atoms with Crippen LogP contribution < -0.4 is 0 Å². The minimum atomic E-state index is -3.16. The van der Waals surface area contributed by atoms with Crippen LogP contribution >= 0.6 is 0 Å². The topological polar surface area (TPSA) is 87.1 Å². The van der Waals surface area contributed by atoms with Crippen LogP contribution in [0.2, 0.25) is 0 Å². The first-order valence-corrected chi connectivity index (χ1v) is 10.2. The number of rotatable bonds is 4. The molecule has 0 aromatic heterocycles. The summed E-state index contributed by atoms with van der Waals surface area (Å²) in [6, 6.07) is 5.35. The molecule has 1 atom stereocenters. The number of hydrogen-bond donors (Lipinski definition) is 0. The van der Waals surface area contributed by atoms with Crippen molar-refractivity contribution >= 4 is 27.4 Å². The fraction of sp³-hybridized carbons (Fsp3) is 0.471. The SMILES string of the molecule is CN(Cc1ccc(F)cc1)C(=O)C1=NN([C@H]2CCS(=O)(=O)C2)C(=O)CC1. The molecule has 2 aliphatic heterocycles. The van der Waals surface area contributed by atoms with Gasteiger partial charge in [-0.15, -0.1) is 0 Å². The van der Waals surface area contributed by atoms with Crippen LogP contribution in [0.25, 0.3) is 0 Å². The van der Waals surface area contributed by atoms with E-state index in [0.29, 0.717) is 6.42 Å². The lowest BCUT2D eigenvalue weighted by Gasteiger charge is -2.29. The second-order valence-corrected chi connectivity index (χ2v) is 8.86. The zero-order valence-corrected chi connectivity index (χ0v) is 15.2. The Kier molecular flexibility index (Phi) is 5.08. The van der Waals surface area contributed by atoms with Crippen LogP contribution in [0.1, 0.15) is 24.8 Å². The van der Waals surface area contributed by atoms with Gasteiger partial charge in [0.2, 0.25) is 5.91 Å². The zero-order valence-electron chi connectivity index (χ0n) is 14.4. The van der Waals surface area contributed by atoms with Crippen molar-refractivity contribution in [1.29, 1.82) is 0 Å². The molecule has 1 aromatic rings. The fourth-order valence-corrected chi connectivity index (χ4v) is 4.83. The van der Waals surface area contributed by atoms with Gasteiger partial charge in [-0.25, -0.2) is 17.8 Å². The Balaban J connectivity index is 1.72. The highest BCUT2D eigenvalue weighted by molar-refractivity contribution is 7.91. The Morgan fingerprint density at radius 2 is 2.00 bits per heavy atom. The third kappa shape index (κ3) is 4.09. The molecule has 0 unspecified atom stereocenters. The minimum Gasteiger partial charge on any atom is -0.336 e. The van der Waals surface area contributed by atoms with Crippen molar-refractivity contribution in [3.8, 4) is 0 Å². The van der Waals surface area contributed by atoms with E-state index in [1.807, 2.05) is 0 Å². The van der Waals surface area contributed by atoms with Crippen molar-refractivity contribution in [3.63, 3.8) is 0 Å². The van der Waals surface area contributed by atoms with Crippen LogP contribution in [0.3, 0.4) is 0 Å². The van der Waals surface area contributed by atoms with E-state index in [4.69, 9.17) is 0 Å². The molecule has 3 rings (SSSR count). The first-order valence-electron chi connectivity index (χ1n) is 8.35. The molecular formula is C17H20FN3O4S. The molecule has 0 radical (unpaired) electrons. The van der Waals surface area contributed by atoms with Gasteiger partial charge in [0.15, 0.2) is 9.84 Å². The zero-order chi connectivity index (χ0) is 18.9. The van der Waals surface area contributed by atoms with E-state index in [1.165, 1.54) is 22.0 Å². The second kappa shape index (κ2) is 7.14. The maximum atomic E-state index is 13.0. The smallest absolute Gasteiger partial charge is 0.270 e. The lowest BCUT2D eigenvalue weighted by Crippen LogP contribution is -2.44. The van der Waals surface area contributed by atoms with Crippen LogP contribution in [0.5, 0.6) is 0 Å². The molecule has 1 saturated heterocycles. The van der Waals surface area contributed by atoms with Gasteiger partial charge in [0.25, 0.3) is 5.91 Å². The number of carbonyl (C=O) groups excluding carboxylic acids is 2. The third-order valence-corrected chi connectivity index (χ3v) is 6.29. The Labute approximate surface area is 151 Å². The number of benzene rings is 1. The van der Waals surface area contributed by atoms with Gasteiger partial charge in [0.05, 0.1) is 17.5 Å². The molecule has 0 bridgehead atoms. The molecule has 7 nitrogen and oxygen atoms in total. The summed E-state index contributed by atoms with van der Waals surface area (Å²) in [7, 11) is -1.55. The molecule has 1 aromatic carbocycles. The molecule has 26 heavy (non-hydrogen) atoms. The van der Waals surface area contributed by atoms with Crippen molar-refractivity contribution in [1.82, 2.24) is 9.91 Å². The average molecular weight is 381 g/mol. The van der Waals surface area contributed by atoms with E-state index >= 15 is 0 Å². The number of hydrazone groups is 1. The molecule has 0 N–H and O–H groups in total. The number of sulfone groups is 1.